The van der Waals surface area contributed by atoms with Gasteiger partial charge in [-0.25, -0.2) is 0 Å². The minimum absolute atomic E-state index is 0.0329. The Balaban J connectivity index is 1.73. The maximum atomic E-state index is 13.4. The van der Waals surface area contributed by atoms with Gasteiger partial charge in [-0.2, -0.15) is 0 Å². The fourth-order valence-corrected chi connectivity index (χ4v) is 5.44. The van der Waals surface area contributed by atoms with Crippen LogP contribution in [0, 0.1) is 0 Å². The molecule has 1 saturated heterocycles. The third kappa shape index (κ3) is 6.17. The predicted octanol–water partition coefficient (Wildman–Crippen LogP) is 0.257. The first-order valence-corrected chi connectivity index (χ1v) is 13.3. The second-order valence-corrected chi connectivity index (χ2v) is 9.77. The lowest BCUT2D eigenvalue weighted by Crippen LogP contribution is -2.57. The van der Waals surface area contributed by atoms with Crippen LogP contribution in [-0.2, 0) is 14.3 Å². The number of hydrogen-bond acceptors (Lipinski definition) is 9. The summed E-state index contributed by atoms with van der Waals surface area (Å²) in [5.41, 5.74) is 1.18. The molecule has 1 aromatic carbocycles. The smallest absolute Gasteiger partial charge is 0.247 e. The molecular weight excluding hydrogens is 506 g/mol. The summed E-state index contributed by atoms with van der Waals surface area (Å²) in [4.78, 5) is 42.2. The van der Waals surface area contributed by atoms with E-state index in [9.17, 15) is 24.6 Å². The molecule has 212 valence electrons. The molecule has 1 aliphatic carbocycles. The Kier molecular flexibility index (Phi) is 9.73. The highest BCUT2D eigenvalue weighted by Crippen LogP contribution is 2.51. The van der Waals surface area contributed by atoms with Crippen LogP contribution in [0.4, 0.5) is 0 Å². The lowest BCUT2D eigenvalue weighted by molar-refractivity contribution is -0.137. The van der Waals surface area contributed by atoms with Gasteiger partial charge in [-0.15, -0.1) is 6.58 Å². The van der Waals surface area contributed by atoms with E-state index in [-0.39, 0.29) is 25.5 Å². The Morgan fingerprint density at radius 1 is 1.31 bits per heavy atom. The van der Waals surface area contributed by atoms with Crippen molar-refractivity contribution >= 4 is 18.1 Å². The Morgan fingerprint density at radius 3 is 2.74 bits per heavy atom. The molecule has 4 atom stereocenters. The van der Waals surface area contributed by atoms with Gasteiger partial charge >= 0.3 is 0 Å². The van der Waals surface area contributed by atoms with Crippen molar-refractivity contribution in [2.45, 2.75) is 37.0 Å². The molecule has 4 rings (SSSR count). The molecule has 11 heteroatoms. The van der Waals surface area contributed by atoms with Crippen LogP contribution in [0.15, 0.2) is 36.4 Å². The van der Waals surface area contributed by atoms with Crippen molar-refractivity contribution in [2.75, 3.05) is 59.7 Å². The second kappa shape index (κ2) is 13.2. The topological polar surface area (TPSA) is 138 Å². The fraction of sp³-hybridized carbons (Fsp3) is 0.536. The molecule has 1 aromatic rings. The van der Waals surface area contributed by atoms with E-state index in [4.69, 9.17) is 14.2 Å². The Hall–Kier alpha value is -3.25. The molecule has 2 heterocycles. The van der Waals surface area contributed by atoms with E-state index in [0.717, 1.165) is 13.1 Å². The van der Waals surface area contributed by atoms with E-state index in [0.29, 0.717) is 67.2 Å². The number of allylic oxidation sites excluding steroid dienone is 1. The number of morpholine rings is 1. The maximum absolute atomic E-state index is 13.4. The van der Waals surface area contributed by atoms with Crippen LogP contribution in [0.1, 0.15) is 34.7 Å². The number of ether oxygens (including phenoxy) is 3. The molecule has 0 unspecified atom stereocenters. The molecule has 0 aromatic heterocycles. The lowest BCUT2D eigenvalue weighted by atomic mass is 9.77. The van der Waals surface area contributed by atoms with E-state index < -0.39 is 30.1 Å². The minimum atomic E-state index is -1.17. The number of hydrogen-bond donors (Lipinski definition) is 3. The summed E-state index contributed by atoms with van der Waals surface area (Å²) < 4.78 is 17.1. The first-order chi connectivity index (χ1) is 18.9. The fourth-order valence-electron chi connectivity index (χ4n) is 5.44. The summed E-state index contributed by atoms with van der Waals surface area (Å²) in [6.07, 6.45) is 2.59. The average molecular weight is 544 g/mol. The zero-order valence-corrected chi connectivity index (χ0v) is 22.2. The van der Waals surface area contributed by atoms with Gasteiger partial charge in [-0.3, -0.25) is 19.3 Å². The Morgan fingerprint density at radius 2 is 2.08 bits per heavy atom. The number of amides is 2. The molecule has 0 saturated carbocycles. The van der Waals surface area contributed by atoms with Gasteiger partial charge in [0, 0.05) is 55.8 Å². The summed E-state index contributed by atoms with van der Waals surface area (Å²) in [7, 11) is 1.45. The standard InChI is InChI=1S/C28H37N3O8/c1-3-4-5-23(34)31(8-7-30-9-12-38-13-10-30)21-16-20(28(36)29-6-11-32)24-19-14-18(17-33)15-22(37-2)26(19)39-27(24)25(21)35/h3,14-17,21,24-25,27,32,35H,1,4-13H2,2H3,(H,29,36)/t21-,24+,25+,27+/m1/s1. The number of fused-ring (bicyclic) bond motifs is 3. The van der Waals surface area contributed by atoms with Crippen molar-refractivity contribution < 1.29 is 38.8 Å². The minimum Gasteiger partial charge on any atom is -0.493 e. The normalized spacial score (nSPS) is 24.0. The van der Waals surface area contributed by atoms with Crippen LogP contribution in [0.2, 0.25) is 0 Å². The van der Waals surface area contributed by atoms with Crippen LogP contribution in [0.5, 0.6) is 11.5 Å². The van der Waals surface area contributed by atoms with Gasteiger partial charge in [0.15, 0.2) is 11.5 Å². The van der Waals surface area contributed by atoms with E-state index in [1.807, 2.05) is 0 Å². The lowest BCUT2D eigenvalue weighted by Gasteiger charge is -2.41. The number of methoxy groups -OCH3 is 1. The van der Waals surface area contributed by atoms with Crippen molar-refractivity contribution in [3.63, 3.8) is 0 Å². The van der Waals surface area contributed by atoms with Crippen molar-refractivity contribution in [1.82, 2.24) is 15.1 Å². The molecule has 39 heavy (non-hydrogen) atoms. The first-order valence-electron chi connectivity index (χ1n) is 13.3. The third-order valence-corrected chi connectivity index (χ3v) is 7.41. The predicted molar refractivity (Wildman–Crippen MR) is 142 cm³/mol. The van der Waals surface area contributed by atoms with Gasteiger partial charge in [-0.1, -0.05) is 6.08 Å². The van der Waals surface area contributed by atoms with Crippen LogP contribution < -0.4 is 14.8 Å². The summed E-state index contributed by atoms with van der Waals surface area (Å²) in [6.45, 7) is 7.14. The van der Waals surface area contributed by atoms with E-state index in [2.05, 4.69) is 16.8 Å². The highest BCUT2D eigenvalue weighted by molar-refractivity contribution is 5.96. The SMILES string of the molecule is C=CCCC(=O)N(CCN1CCOCC1)[C@@H]1C=C(C(=O)NCCO)[C@@H]2c3cc(C=O)cc(OC)c3O[C@@H]2[C@H]1O. The summed E-state index contributed by atoms with van der Waals surface area (Å²) in [6, 6.07) is 2.32. The molecule has 0 spiro atoms. The average Bonchev–Trinajstić information content (AvgIpc) is 3.35. The quantitative estimate of drug-likeness (QED) is 0.250. The molecule has 1 fully saturated rings. The van der Waals surface area contributed by atoms with Crippen molar-refractivity contribution in [2.24, 2.45) is 0 Å². The number of aliphatic hydroxyl groups is 2. The highest BCUT2D eigenvalue weighted by Gasteiger charge is 2.51. The maximum Gasteiger partial charge on any atom is 0.247 e. The van der Waals surface area contributed by atoms with Crippen LogP contribution in [0.25, 0.3) is 0 Å². The Bertz CT molecular complexity index is 1100. The largest absolute Gasteiger partial charge is 0.493 e. The summed E-state index contributed by atoms with van der Waals surface area (Å²) in [5.74, 6) is -0.670. The molecule has 3 N–H and O–H groups in total. The number of benzene rings is 1. The number of carbonyl (C=O) groups is 3. The number of aldehydes is 1. The van der Waals surface area contributed by atoms with E-state index >= 15 is 0 Å². The monoisotopic (exact) mass is 543 g/mol. The van der Waals surface area contributed by atoms with Gasteiger partial charge in [0.1, 0.15) is 18.5 Å². The zero-order valence-electron chi connectivity index (χ0n) is 22.2. The number of nitrogens with one attached hydrogen (secondary N) is 1. The van der Waals surface area contributed by atoms with Crippen molar-refractivity contribution in [1.29, 1.82) is 0 Å². The molecule has 11 nitrogen and oxygen atoms in total. The van der Waals surface area contributed by atoms with E-state index in [1.165, 1.54) is 13.2 Å². The molecule has 3 aliphatic rings. The number of carbonyl (C=O) groups excluding carboxylic acids is 3. The van der Waals surface area contributed by atoms with Gasteiger partial charge in [0.25, 0.3) is 0 Å². The first kappa shape index (κ1) is 28.8. The summed E-state index contributed by atoms with van der Waals surface area (Å²) >= 11 is 0. The highest BCUT2D eigenvalue weighted by atomic mass is 16.5. The molecule has 2 amide bonds. The van der Waals surface area contributed by atoms with Gasteiger partial charge in [-0.05, 0) is 24.6 Å². The Labute approximate surface area is 228 Å². The molecule has 2 aliphatic heterocycles. The third-order valence-electron chi connectivity index (χ3n) is 7.41. The molecule has 0 radical (unpaired) electrons. The second-order valence-electron chi connectivity index (χ2n) is 9.77. The van der Waals surface area contributed by atoms with Crippen LogP contribution in [-0.4, -0.2) is 116 Å². The van der Waals surface area contributed by atoms with Crippen LogP contribution >= 0.6 is 0 Å². The number of rotatable bonds is 12. The molecular formula is C28H37N3O8. The number of aliphatic hydroxyl groups excluding tert-OH is 2. The number of nitrogens with zero attached hydrogens (tertiary/aromatic N) is 2. The summed E-state index contributed by atoms with van der Waals surface area (Å²) in [5, 5.41) is 23.6. The van der Waals surface area contributed by atoms with Gasteiger partial charge in [0.05, 0.1) is 38.9 Å². The van der Waals surface area contributed by atoms with Crippen molar-refractivity contribution in [3.8, 4) is 11.5 Å². The van der Waals surface area contributed by atoms with Crippen molar-refractivity contribution in [3.05, 3.63) is 47.6 Å². The zero-order chi connectivity index (χ0) is 27.9. The van der Waals surface area contributed by atoms with Gasteiger partial charge < -0.3 is 34.6 Å². The van der Waals surface area contributed by atoms with Gasteiger partial charge in [0.2, 0.25) is 11.8 Å². The molecule has 0 bridgehead atoms. The van der Waals surface area contributed by atoms with Crippen LogP contribution in [0.3, 0.4) is 0 Å². The van der Waals surface area contributed by atoms with E-state index in [1.54, 1.807) is 23.1 Å².